The SMILES string of the molecule is COc1ccc(-c2cc3n(n2)CC(c2ccc(Cl)cc2)OC3)cc1. The van der Waals surface area contributed by atoms with Crippen molar-refractivity contribution in [1.29, 1.82) is 0 Å². The summed E-state index contributed by atoms with van der Waals surface area (Å²) in [5, 5.41) is 5.47. The van der Waals surface area contributed by atoms with Gasteiger partial charge in [-0.25, -0.2) is 0 Å². The molecule has 4 nitrogen and oxygen atoms in total. The minimum absolute atomic E-state index is 0.00150. The number of ether oxygens (including phenoxy) is 2. The van der Waals surface area contributed by atoms with Gasteiger partial charge in [0.25, 0.3) is 0 Å². The number of hydrogen-bond acceptors (Lipinski definition) is 3. The molecule has 5 heteroatoms. The van der Waals surface area contributed by atoms with Crippen LogP contribution in [0.2, 0.25) is 5.02 Å². The van der Waals surface area contributed by atoms with Crippen LogP contribution in [0.3, 0.4) is 0 Å². The summed E-state index contributed by atoms with van der Waals surface area (Å²) in [5.74, 6) is 0.842. The Morgan fingerprint density at radius 2 is 1.88 bits per heavy atom. The van der Waals surface area contributed by atoms with Crippen molar-refractivity contribution in [2.24, 2.45) is 0 Å². The first-order valence-corrected chi connectivity index (χ1v) is 8.19. The molecule has 0 bridgehead atoms. The Morgan fingerprint density at radius 3 is 2.58 bits per heavy atom. The number of halogens is 1. The third-order valence-corrected chi connectivity index (χ3v) is 4.51. The van der Waals surface area contributed by atoms with Crippen LogP contribution < -0.4 is 4.74 Å². The lowest BCUT2D eigenvalue weighted by atomic mass is 10.1. The van der Waals surface area contributed by atoms with Gasteiger partial charge in [0.05, 0.1) is 31.6 Å². The molecule has 1 atom stereocenters. The van der Waals surface area contributed by atoms with E-state index in [1.54, 1.807) is 7.11 Å². The Morgan fingerprint density at radius 1 is 1.12 bits per heavy atom. The minimum Gasteiger partial charge on any atom is -0.497 e. The predicted molar refractivity (Wildman–Crippen MR) is 93.2 cm³/mol. The van der Waals surface area contributed by atoms with Crippen molar-refractivity contribution < 1.29 is 9.47 Å². The summed E-state index contributed by atoms with van der Waals surface area (Å²) in [7, 11) is 1.67. The highest BCUT2D eigenvalue weighted by Crippen LogP contribution is 2.30. The Labute approximate surface area is 145 Å². The fourth-order valence-electron chi connectivity index (χ4n) is 2.91. The molecule has 122 valence electrons. The summed E-state index contributed by atoms with van der Waals surface area (Å²) in [4.78, 5) is 0. The molecule has 1 aliphatic heterocycles. The van der Waals surface area contributed by atoms with E-state index < -0.39 is 0 Å². The van der Waals surface area contributed by atoms with E-state index in [0.717, 1.165) is 33.3 Å². The highest BCUT2D eigenvalue weighted by atomic mass is 35.5. The molecule has 0 amide bonds. The summed E-state index contributed by atoms with van der Waals surface area (Å²) in [6, 6.07) is 17.8. The van der Waals surface area contributed by atoms with Gasteiger partial charge in [-0.2, -0.15) is 5.10 Å². The summed E-state index contributed by atoms with van der Waals surface area (Å²) >= 11 is 5.96. The maximum atomic E-state index is 5.99. The average molecular weight is 341 g/mol. The predicted octanol–water partition coefficient (Wildman–Crippen LogP) is 4.48. The van der Waals surface area contributed by atoms with E-state index >= 15 is 0 Å². The molecule has 0 N–H and O–H groups in total. The summed E-state index contributed by atoms with van der Waals surface area (Å²) in [6.07, 6.45) is -0.00150. The molecular formula is C19H17ClN2O2. The van der Waals surface area contributed by atoms with E-state index in [4.69, 9.17) is 26.2 Å². The molecule has 24 heavy (non-hydrogen) atoms. The first-order valence-electron chi connectivity index (χ1n) is 7.81. The maximum Gasteiger partial charge on any atom is 0.118 e. The number of fused-ring (bicyclic) bond motifs is 1. The number of benzene rings is 2. The van der Waals surface area contributed by atoms with Crippen molar-refractivity contribution in [1.82, 2.24) is 9.78 Å². The highest BCUT2D eigenvalue weighted by molar-refractivity contribution is 6.30. The van der Waals surface area contributed by atoms with E-state index in [0.29, 0.717) is 13.2 Å². The topological polar surface area (TPSA) is 36.3 Å². The molecule has 3 aromatic rings. The Hall–Kier alpha value is -2.30. The quantitative estimate of drug-likeness (QED) is 0.705. The smallest absolute Gasteiger partial charge is 0.118 e. The third kappa shape index (κ3) is 2.90. The van der Waals surface area contributed by atoms with Crippen molar-refractivity contribution >= 4 is 11.6 Å². The van der Waals surface area contributed by atoms with Gasteiger partial charge < -0.3 is 9.47 Å². The van der Waals surface area contributed by atoms with Crippen LogP contribution in [0.5, 0.6) is 5.75 Å². The lowest BCUT2D eigenvalue weighted by Crippen LogP contribution is -2.21. The molecule has 0 aliphatic carbocycles. The van der Waals surface area contributed by atoms with Crippen LogP contribution in [0.4, 0.5) is 0 Å². The monoisotopic (exact) mass is 340 g/mol. The van der Waals surface area contributed by atoms with Crippen molar-refractivity contribution in [2.45, 2.75) is 19.3 Å². The maximum absolute atomic E-state index is 5.99. The van der Waals surface area contributed by atoms with Gasteiger partial charge in [0.2, 0.25) is 0 Å². The van der Waals surface area contributed by atoms with Crippen LogP contribution in [-0.4, -0.2) is 16.9 Å². The normalized spacial score (nSPS) is 16.7. The van der Waals surface area contributed by atoms with Crippen molar-refractivity contribution in [3.63, 3.8) is 0 Å². The summed E-state index contributed by atoms with van der Waals surface area (Å²) in [5.41, 5.74) is 4.23. The Kier molecular flexibility index (Phi) is 4.00. The van der Waals surface area contributed by atoms with Crippen LogP contribution in [0, 0.1) is 0 Å². The fourth-order valence-corrected chi connectivity index (χ4v) is 3.03. The average Bonchev–Trinajstić information content (AvgIpc) is 3.05. The summed E-state index contributed by atoms with van der Waals surface area (Å²) in [6.45, 7) is 1.25. The molecule has 0 saturated carbocycles. The van der Waals surface area contributed by atoms with E-state index in [1.807, 2.05) is 53.2 Å². The second-order valence-corrected chi connectivity index (χ2v) is 6.22. The first-order chi connectivity index (χ1) is 11.7. The molecule has 0 spiro atoms. The zero-order valence-corrected chi connectivity index (χ0v) is 14.0. The minimum atomic E-state index is -0.00150. The first kappa shape index (κ1) is 15.2. The molecular weight excluding hydrogens is 324 g/mol. The molecule has 2 heterocycles. The van der Waals surface area contributed by atoms with Gasteiger partial charge in [-0.1, -0.05) is 23.7 Å². The van der Waals surface area contributed by atoms with Crippen LogP contribution in [0.1, 0.15) is 17.4 Å². The van der Waals surface area contributed by atoms with E-state index in [9.17, 15) is 0 Å². The molecule has 4 rings (SSSR count). The number of hydrogen-bond donors (Lipinski definition) is 0. The number of methoxy groups -OCH3 is 1. The number of nitrogens with zero attached hydrogens (tertiary/aromatic N) is 2. The molecule has 0 radical (unpaired) electrons. The zero-order valence-electron chi connectivity index (χ0n) is 13.3. The van der Waals surface area contributed by atoms with E-state index in [-0.39, 0.29) is 6.10 Å². The van der Waals surface area contributed by atoms with Gasteiger partial charge in [-0.05, 0) is 48.0 Å². The van der Waals surface area contributed by atoms with E-state index in [1.165, 1.54) is 0 Å². The van der Waals surface area contributed by atoms with Gasteiger partial charge in [0, 0.05) is 10.6 Å². The van der Waals surface area contributed by atoms with Crippen molar-refractivity contribution in [2.75, 3.05) is 7.11 Å². The molecule has 1 aromatic heterocycles. The van der Waals surface area contributed by atoms with Crippen molar-refractivity contribution in [3.8, 4) is 17.0 Å². The lowest BCUT2D eigenvalue weighted by molar-refractivity contribution is -0.00112. The second-order valence-electron chi connectivity index (χ2n) is 5.78. The van der Waals surface area contributed by atoms with Crippen LogP contribution in [0.15, 0.2) is 54.6 Å². The highest BCUT2D eigenvalue weighted by Gasteiger charge is 2.22. The number of rotatable bonds is 3. The van der Waals surface area contributed by atoms with Crippen LogP contribution in [0.25, 0.3) is 11.3 Å². The second kappa shape index (κ2) is 6.30. The Bertz CT molecular complexity index is 841. The van der Waals surface area contributed by atoms with Crippen LogP contribution in [-0.2, 0) is 17.9 Å². The zero-order chi connectivity index (χ0) is 16.5. The largest absolute Gasteiger partial charge is 0.497 e. The van der Waals surface area contributed by atoms with Crippen molar-refractivity contribution in [3.05, 3.63) is 70.9 Å². The van der Waals surface area contributed by atoms with Crippen LogP contribution >= 0.6 is 11.6 Å². The lowest BCUT2D eigenvalue weighted by Gasteiger charge is -2.24. The van der Waals surface area contributed by atoms with E-state index in [2.05, 4.69) is 6.07 Å². The molecule has 1 aliphatic rings. The van der Waals surface area contributed by atoms with Gasteiger partial charge >= 0.3 is 0 Å². The van der Waals surface area contributed by atoms with Gasteiger partial charge in [0.15, 0.2) is 0 Å². The van der Waals surface area contributed by atoms with Gasteiger partial charge in [-0.3, -0.25) is 4.68 Å². The standard InChI is InChI=1S/C19H17ClN2O2/c1-23-17-8-4-13(5-9-17)18-10-16-12-24-19(11-22(16)21-18)14-2-6-15(20)7-3-14/h2-10,19H,11-12H2,1H3. The third-order valence-electron chi connectivity index (χ3n) is 4.26. The number of aromatic nitrogens is 2. The summed E-state index contributed by atoms with van der Waals surface area (Å²) < 4.78 is 13.2. The fraction of sp³-hybridized carbons (Fsp3) is 0.211. The molecule has 0 saturated heterocycles. The van der Waals surface area contributed by atoms with Gasteiger partial charge in [0.1, 0.15) is 11.9 Å². The van der Waals surface area contributed by atoms with Gasteiger partial charge in [-0.15, -0.1) is 0 Å². The molecule has 2 aromatic carbocycles. The molecule has 0 fully saturated rings. The molecule has 1 unspecified atom stereocenters. The Balaban J connectivity index is 1.58.